The van der Waals surface area contributed by atoms with Gasteiger partial charge in [0.25, 0.3) is 0 Å². The number of aliphatic hydroxyl groups is 1. The van der Waals surface area contributed by atoms with Crippen molar-refractivity contribution in [2.75, 3.05) is 0 Å². The van der Waals surface area contributed by atoms with Crippen LogP contribution >= 0.6 is 23.2 Å². The lowest BCUT2D eigenvalue weighted by atomic mass is 9.91. The first-order valence-electron chi connectivity index (χ1n) is 6.92. The Kier molecular flexibility index (Phi) is 4.31. The predicted octanol–water partition coefficient (Wildman–Crippen LogP) is 4.59. The molecule has 1 N–H and O–H groups in total. The summed E-state index contributed by atoms with van der Waals surface area (Å²) in [5, 5.41) is 10.7. The molecule has 0 aliphatic carbocycles. The second-order valence-corrected chi connectivity index (χ2v) is 6.31. The fourth-order valence-electron chi connectivity index (χ4n) is 2.69. The fourth-order valence-corrected chi connectivity index (χ4v) is 2.99. The van der Waals surface area contributed by atoms with Gasteiger partial charge in [0.2, 0.25) is 5.79 Å². The highest BCUT2D eigenvalue weighted by Crippen LogP contribution is 2.44. The maximum atomic E-state index is 14.2. The highest BCUT2D eigenvalue weighted by atomic mass is 35.5. The number of ether oxygens (including phenoxy) is 1. The van der Waals surface area contributed by atoms with Gasteiger partial charge in [-0.15, -0.1) is 0 Å². The summed E-state index contributed by atoms with van der Waals surface area (Å²) in [6, 6.07) is 4.96. The summed E-state index contributed by atoms with van der Waals surface area (Å²) >= 11 is 11.8. The molecule has 3 rings (SSSR count). The monoisotopic (exact) mass is 388 g/mol. The fraction of sp³-hybridized carbons (Fsp3) is 0.118. The molecule has 3 nitrogen and oxygen atoms in total. The molecule has 25 heavy (non-hydrogen) atoms. The van der Waals surface area contributed by atoms with Crippen molar-refractivity contribution in [3.8, 4) is 0 Å². The van der Waals surface area contributed by atoms with Gasteiger partial charge in [-0.3, -0.25) is 0 Å². The maximum absolute atomic E-state index is 14.2. The number of esters is 1. The van der Waals surface area contributed by atoms with Crippen molar-refractivity contribution in [2.24, 2.45) is 0 Å². The normalized spacial score (nSPS) is 20.2. The second kappa shape index (κ2) is 6.05. The van der Waals surface area contributed by atoms with Gasteiger partial charge in [0.05, 0.1) is 21.2 Å². The molecule has 1 unspecified atom stereocenters. The predicted molar refractivity (Wildman–Crippen MR) is 86.3 cm³/mol. The summed E-state index contributed by atoms with van der Waals surface area (Å²) in [6.45, 7) is 1.13. The lowest BCUT2D eigenvalue weighted by Gasteiger charge is -2.20. The zero-order chi connectivity index (χ0) is 18.5. The van der Waals surface area contributed by atoms with E-state index in [1.165, 1.54) is 18.2 Å². The van der Waals surface area contributed by atoms with Crippen LogP contribution in [0.15, 0.2) is 30.3 Å². The van der Waals surface area contributed by atoms with E-state index < -0.39 is 40.3 Å². The van der Waals surface area contributed by atoms with E-state index in [1.54, 1.807) is 0 Å². The smallest absolute Gasteiger partial charge is 0.342 e. The largest absolute Gasteiger partial charge is 0.425 e. The van der Waals surface area contributed by atoms with Crippen LogP contribution in [0, 0.1) is 17.5 Å². The highest BCUT2D eigenvalue weighted by molar-refractivity contribution is 6.42. The van der Waals surface area contributed by atoms with Crippen LogP contribution in [0.2, 0.25) is 10.0 Å². The van der Waals surface area contributed by atoms with E-state index in [1.807, 2.05) is 0 Å². The number of carbonyl (C=O) groups excluding carboxylic acids is 1. The minimum absolute atomic E-state index is 0.0983. The molecule has 2 aromatic carbocycles. The molecule has 0 amide bonds. The van der Waals surface area contributed by atoms with Crippen molar-refractivity contribution in [1.29, 1.82) is 0 Å². The Morgan fingerprint density at radius 1 is 1.04 bits per heavy atom. The first kappa shape index (κ1) is 17.8. The minimum atomic E-state index is -2.17. The minimum Gasteiger partial charge on any atom is -0.425 e. The van der Waals surface area contributed by atoms with Gasteiger partial charge >= 0.3 is 5.97 Å². The first-order chi connectivity index (χ1) is 11.6. The standard InChI is InChI=1S/C17H9Cl2F3O3/c1-17(24)15(7-2-3-9(18)10(19)4-7)14(16(23)25-17)13-11(21)5-8(20)6-12(13)22/h2-6,24H,1H3. The van der Waals surface area contributed by atoms with Crippen molar-refractivity contribution in [1.82, 2.24) is 0 Å². The van der Waals surface area contributed by atoms with E-state index in [0.29, 0.717) is 12.1 Å². The van der Waals surface area contributed by atoms with Crippen LogP contribution in [0.3, 0.4) is 0 Å². The summed E-state index contributed by atoms with van der Waals surface area (Å²) in [5.74, 6) is -7.08. The van der Waals surface area contributed by atoms with Crippen LogP contribution in [-0.4, -0.2) is 16.9 Å². The van der Waals surface area contributed by atoms with Crippen LogP contribution in [0.5, 0.6) is 0 Å². The molecule has 1 atom stereocenters. The highest BCUT2D eigenvalue weighted by Gasteiger charge is 2.45. The first-order valence-corrected chi connectivity index (χ1v) is 7.68. The topological polar surface area (TPSA) is 46.5 Å². The van der Waals surface area contributed by atoms with Crippen molar-refractivity contribution in [3.63, 3.8) is 0 Å². The Hall–Kier alpha value is -2.02. The van der Waals surface area contributed by atoms with Crippen molar-refractivity contribution >= 4 is 40.3 Å². The van der Waals surface area contributed by atoms with Crippen LogP contribution in [0.25, 0.3) is 11.1 Å². The van der Waals surface area contributed by atoms with Gasteiger partial charge in [-0.2, -0.15) is 0 Å². The molecule has 1 aliphatic heterocycles. The summed E-state index contributed by atoms with van der Waals surface area (Å²) in [4.78, 5) is 12.2. The Balaban J connectivity index is 2.36. The number of benzene rings is 2. The lowest BCUT2D eigenvalue weighted by molar-refractivity contribution is -0.169. The van der Waals surface area contributed by atoms with Gasteiger partial charge in [-0.25, -0.2) is 18.0 Å². The maximum Gasteiger partial charge on any atom is 0.342 e. The lowest BCUT2D eigenvalue weighted by Crippen LogP contribution is -2.26. The number of cyclic esters (lactones) is 1. The van der Waals surface area contributed by atoms with Crippen LogP contribution in [0.1, 0.15) is 18.1 Å². The molecule has 0 aromatic heterocycles. The zero-order valence-corrected chi connectivity index (χ0v) is 14.1. The van der Waals surface area contributed by atoms with Gasteiger partial charge in [0.15, 0.2) is 0 Å². The summed E-state index contributed by atoms with van der Waals surface area (Å²) in [7, 11) is 0. The number of carbonyl (C=O) groups is 1. The summed E-state index contributed by atoms with van der Waals surface area (Å²) < 4.78 is 46.3. The Labute approximate surface area is 150 Å². The molecule has 0 radical (unpaired) electrons. The van der Waals surface area contributed by atoms with Gasteiger partial charge in [0, 0.05) is 24.6 Å². The molecule has 1 heterocycles. The third-order valence-corrected chi connectivity index (χ3v) is 4.41. The average Bonchev–Trinajstić information content (AvgIpc) is 2.70. The summed E-state index contributed by atoms with van der Waals surface area (Å²) in [6.07, 6.45) is 0. The van der Waals surface area contributed by atoms with Crippen LogP contribution in [0.4, 0.5) is 13.2 Å². The zero-order valence-electron chi connectivity index (χ0n) is 12.5. The number of halogens is 5. The molecular formula is C17H9Cl2F3O3. The molecule has 8 heteroatoms. The van der Waals surface area contributed by atoms with E-state index in [0.717, 1.165) is 6.92 Å². The Morgan fingerprint density at radius 3 is 2.20 bits per heavy atom. The molecule has 0 spiro atoms. The van der Waals surface area contributed by atoms with Crippen LogP contribution in [-0.2, 0) is 9.53 Å². The van der Waals surface area contributed by atoms with Crippen molar-refractivity contribution < 1.29 is 27.8 Å². The SMILES string of the molecule is CC1(O)OC(=O)C(c2c(F)cc(F)cc2F)=C1c1ccc(Cl)c(Cl)c1. The molecule has 1 aliphatic rings. The molecule has 130 valence electrons. The van der Waals surface area contributed by atoms with Gasteiger partial charge in [-0.1, -0.05) is 29.3 Å². The third-order valence-electron chi connectivity index (χ3n) is 3.67. The van der Waals surface area contributed by atoms with E-state index in [9.17, 15) is 23.1 Å². The molecular weight excluding hydrogens is 380 g/mol. The molecule has 0 fully saturated rings. The number of rotatable bonds is 2. The Bertz CT molecular complexity index is 916. The van der Waals surface area contributed by atoms with Crippen molar-refractivity contribution in [2.45, 2.75) is 12.7 Å². The average molecular weight is 389 g/mol. The quantitative estimate of drug-likeness (QED) is 0.765. The number of hydrogen-bond donors (Lipinski definition) is 1. The van der Waals surface area contributed by atoms with E-state index in [2.05, 4.69) is 0 Å². The molecule has 2 aromatic rings. The second-order valence-electron chi connectivity index (χ2n) is 5.50. The Morgan fingerprint density at radius 2 is 1.64 bits per heavy atom. The van der Waals surface area contributed by atoms with E-state index in [4.69, 9.17) is 27.9 Å². The van der Waals surface area contributed by atoms with Crippen LogP contribution < -0.4 is 0 Å². The van der Waals surface area contributed by atoms with E-state index in [-0.39, 0.29) is 21.2 Å². The summed E-state index contributed by atoms with van der Waals surface area (Å²) in [5.41, 5.74) is -1.40. The molecule has 0 saturated heterocycles. The third kappa shape index (κ3) is 3.01. The number of hydrogen-bond acceptors (Lipinski definition) is 3. The molecule has 0 bridgehead atoms. The van der Waals surface area contributed by atoms with E-state index >= 15 is 0 Å². The van der Waals surface area contributed by atoms with Gasteiger partial charge < -0.3 is 9.84 Å². The molecule has 0 saturated carbocycles. The van der Waals surface area contributed by atoms with Gasteiger partial charge in [0.1, 0.15) is 17.5 Å². The van der Waals surface area contributed by atoms with Crippen molar-refractivity contribution in [3.05, 3.63) is 69.0 Å². The van der Waals surface area contributed by atoms with Gasteiger partial charge in [-0.05, 0) is 17.7 Å².